The molecule has 1 aromatic heterocycles. The van der Waals surface area contributed by atoms with E-state index >= 15 is 0 Å². The van der Waals surface area contributed by atoms with Crippen molar-refractivity contribution < 1.29 is 14.7 Å². The van der Waals surface area contributed by atoms with E-state index in [9.17, 15) is 9.90 Å². The van der Waals surface area contributed by atoms with E-state index in [4.69, 9.17) is 16.4 Å². The Balaban J connectivity index is 1.69. The lowest BCUT2D eigenvalue weighted by molar-refractivity contribution is -0.0224. The van der Waals surface area contributed by atoms with Gasteiger partial charge in [0.1, 0.15) is 0 Å². The lowest BCUT2D eigenvalue weighted by atomic mass is 9.68. The molecule has 0 aliphatic carbocycles. The van der Waals surface area contributed by atoms with Crippen molar-refractivity contribution in [2.24, 2.45) is 11.3 Å². The van der Waals surface area contributed by atoms with Crippen LogP contribution in [0.1, 0.15) is 52.2 Å². The number of piperidine rings is 1. The first-order valence-electron chi connectivity index (χ1n) is 9.71. The fourth-order valence-corrected chi connectivity index (χ4v) is 4.18. The van der Waals surface area contributed by atoms with Gasteiger partial charge in [0, 0.05) is 29.1 Å². The largest absolute Gasteiger partial charge is 0.388 e. The van der Waals surface area contributed by atoms with Crippen molar-refractivity contribution in [1.29, 1.82) is 0 Å². The first-order chi connectivity index (χ1) is 13.2. The molecule has 0 spiro atoms. The third-order valence-corrected chi connectivity index (χ3v) is 5.98. The maximum Gasteiger partial charge on any atom is 0.341 e. The van der Waals surface area contributed by atoms with Crippen LogP contribution >= 0.6 is 11.6 Å². The van der Waals surface area contributed by atoms with Gasteiger partial charge in [-0.3, -0.25) is 9.94 Å². The average Bonchev–Trinajstić information content (AvgIpc) is 3.13. The van der Waals surface area contributed by atoms with E-state index in [0.29, 0.717) is 18.1 Å². The number of nitrogens with one attached hydrogen (secondary N) is 2. The van der Waals surface area contributed by atoms with Gasteiger partial charge in [0.05, 0.1) is 23.9 Å². The SMILES string of the molecule is CC(C)ONC(=O)N1CCC(C(C)(C)C(O)c2cc(Cl)cc3cn[nH]c23)CC1. The molecule has 3 N–H and O–H groups in total. The molecule has 1 aromatic carbocycles. The number of carbonyl (C=O) groups is 1. The molecule has 2 amide bonds. The summed E-state index contributed by atoms with van der Waals surface area (Å²) in [6.45, 7) is 9.13. The number of benzene rings is 1. The predicted octanol–water partition coefficient (Wildman–Crippen LogP) is 4.04. The lowest BCUT2D eigenvalue weighted by Crippen LogP contribution is -2.47. The number of H-pyrrole nitrogens is 1. The number of aromatic amines is 1. The molecule has 7 nitrogen and oxygen atoms in total. The van der Waals surface area contributed by atoms with Gasteiger partial charge in [-0.1, -0.05) is 25.4 Å². The molecule has 154 valence electrons. The number of carbonyl (C=O) groups excluding carboxylic acids is 1. The van der Waals surface area contributed by atoms with E-state index in [1.807, 2.05) is 19.9 Å². The minimum Gasteiger partial charge on any atom is -0.388 e. The Labute approximate surface area is 170 Å². The summed E-state index contributed by atoms with van der Waals surface area (Å²) >= 11 is 6.25. The Morgan fingerprint density at radius 2 is 2.07 bits per heavy atom. The summed E-state index contributed by atoms with van der Waals surface area (Å²) in [4.78, 5) is 19.1. The number of amides is 2. The number of nitrogens with zero attached hydrogens (tertiary/aromatic N) is 2. The quantitative estimate of drug-likeness (QED) is 0.651. The van der Waals surface area contributed by atoms with Crippen molar-refractivity contribution in [1.82, 2.24) is 20.6 Å². The number of hydroxylamine groups is 1. The second-order valence-electron chi connectivity index (χ2n) is 8.39. The van der Waals surface area contributed by atoms with Crippen LogP contribution in [0.5, 0.6) is 0 Å². The van der Waals surface area contributed by atoms with Crippen LogP contribution in [0.4, 0.5) is 4.79 Å². The molecule has 3 rings (SSSR count). The standard InChI is InChI=1S/C20H29ClN4O3/c1-12(2)28-24-19(27)25-7-5-14(6-8-25)20(3,4)18(26)16-10-15(21)9-13-11-22-23-17(13)16/h9-12,14,18,26H,5-8H2,1-4H3,(H,22,23)(H,24,27). The van der Waals surface area contributed by atoms with Crippen LogP contribution in [0.15, 0.2) is 18.3 Å². The minimum atomic E-state index is -0.705. The molecule has 1 aliphatic rings. The monoisotopic (exact) mass is 408 g/mol. The molecule has 1 aliphatic heterocycles. The molecule has 2 heterocycles. The molecule has 0 saturated carbocycles. The van der Waals surface area contributed by atoms with Crippen molar-refractivity contribution in [3.05, 3.63) is 28.9 Å². The molecule has 1 fully saturated rings. The third kappa shape index (κ3) is 4.26. The van der Waals surface area contributed by atoms with Gasteiger partial charge >= 0.3 is 6.03 Å². The van der Waals surface area contributed by atoms with Crippen molar-refractivity contribution >= 4 is 28.5 Å². The second-order valence-corrected chi connectivity index (χ2v) is 8.82. The van der Waals surface area contributed by atoms with Crippen LogP contribution in [0, 0.1) is 11.3 Å². The van der Waals surface area contributed by atoms with Crippen LogP contribution in [0.3, 0.4) is 0 Å². The number of hydrogen-bond acceptors (Lipinski definition) is 4. The normalized spacial score (nSPS) is 17.3. The van der Waals surface area contributed by atoms with Gasteiger partial charge in [-0.2, -0.15) is 5.10 Å². The fourth-order valence-electron chi connectivity index (χ4n) is 3.95. The summed E-state index contributed by atoms with van der Waals surface area (Å²) in [6.07, 6.45) is 2.56. The number of halogens is 1. The summed E-state index contributed by atoms with van der Waals surface area (Å²) in [5.74, 6) is 0.259. The van der Waals surface area contributed by atoms with E-state index in [-0.39, 0.29) is 23.5 Å². The lowest BCUT2D eigenvalue weighted by Gasteiger charge is -2.43. The van der Waals surface area contributed by atoms with Crippen LogP contribution in [-0.4, -0.2) is 45.4 Å². The molecule has 8 heteroatoms. The predicted molar refractivity (Wildman–Crippen MR) is 109 cm³/mol. The van der Waals surface area contributed by atoms with Crippen LogP contribution < -0.4 is 5.48 Å². The smallest absolute Gasteiger partial charge is 0.341 e. The van der Waals surface area contributed by atoms with Crippen molar-refractivity contribution in [3.63, 3.8) is 0 Å². The molecule has 1 saturated heterocycles. The molecule has 28 heavy (non-hydrogen) atoms. The molecule has 1 atom stereocenters. The third-order valence-electron chi connectivity index (χ3n) is 5.76. The van der Waals surface area contributed by atoms with Crippen molar-refractivity contribution in [2.45, 2.75) is 52.7 Å². The molecule has 1 unspecified atom stereocenters. The van der Waals surface area contributed by atoms with Crippen molar-refractivity contribution in [3.8, 4) is 0 Å². The number of aromatic nitrogens is 2. The first kappa shape index (κ1) is 20.9. The van der Waals surface area contributed by atoms with E-state index in [1.54, 1.807) is 17.2 Å². The van der Waals surface area contributed by atoms with Crippen molar-refractivity contribution in [2.75, 3.05) is 13.1 Å². The highest BCUT2D eigenvalue weighted by atomic mass is 35.5. The Kier molecular flexibility index (Phi) is 6.17. The summed E-state index contributed by atoms with van der Waals surface area (Å²) < 4.78 is 0. The summed E-state index contributed by atoms with van der Waals surface area (Å²) in [5.41, 5.74) is 3.67. The maximum absolute atomic E-state index is 12.2. The number of urea groups is 1. The van der Waals surface area contributed by atoms with Gasteiger partial charge in [0.25, 0.3) is 0 Å². The highest BCUT2D eigenvalue weighted by molar-refractivity contribution is 6.31. The molecule has 2 aromatic rings. The van der Waals surface area contributed by atoms with E-state index in [2.05, 4.69) is 29.5 Å². The maximum atomic E-state index is 12.2. The minimum absolute atomic E-state index is 0.0624. The number of fused-ring (bicyclic) bond motifs is 1. The van der Waals surface area contributed by atoms with Gasteiger partial charge in [-0.25, -0.2) is 10.3 Å². The molecule has 0 bridgehead atoms. The van der Waals surface area contributed by atoms with Gasteiger partial charge in [0.2, 0.25) is 0 Å². The number of aliphatic hydroxyl groups is 1. The Hall–Kier alpha value is -1.83. The summed E-state index contributed by atoms with van der Waals surface area (Å²) in [5, 5.41) is 19.8. The number of likely N-dealkylation sites (tertiary alicyclic amines) is 1. The van der Waals surface area contributed by atoms with Crippen LogP contribution in [0.2, 0.25) is 5.02 Å². The van der Waals surface area contributed by atoms with Crippen LogP contribution in [0.25, 0.3) is 10.9 Å². The topological polar surface area (TPSA) is 90.5 Å². The zero-order valence-electron chi connectivity index (χ0n) is 16.8. The van der Waals surface area contributed by atoms with E-state index in [1.165, 1.54) is 0 Å². The van der Waals surface area contributed by atoms with E-state index in [0.717, 1.165) is 29.3 Å². The number of aliphatic hydroxyl groups excluding tert-OH is 1. The molecular weight excluding hydrogens is 380 g/mol. The number of rotatable bonds is 5. The van der Waals surface area contributed by atoms with Gasteiger partial charge in [0.15, 0.2) is 0 Å². The molecule has 0 radical (unpaired) electrons. The first-order valence-corrected chi connectivity index (χ1v) is 10.1. The zero-order valence-corrected chi connectivity index (χ0v) is 17.6. The highest BCUT2D eigenvalue weighted by Crippen LogP contribution is 2.46. The number of hydrogen-bond donors (Lipinski definition) is 3. The fraction of sp³-hybridized carbons (Fsp3) is 0.600. The second kappa shape index (κ2) is 8.27. The average molecular weight is 409 g/mol. The zero-order chi connectivity index (χ0) is 20.5. The Morgan fingerprint density at radius 3 is 2.71 bits per heavy atom. The highest BCUT2D eigenvalue weighted by Gasteiger charge is 2.40. The van der Waals surface area contributed by atoms with Crippen LogP contribution in [-0.2, 0) is 4.84 Å². The van der Waals surface area contributed by atoms with Gasteiger partial charge < -0.3 is 10.0 Å². The van der Waals surface area contributed by atoms with Gasteiger partial charge in [-0.15, -0.1) is 0 Å². The Morgan fingerprint density at radius 1 is 1.39 bits per heavy atom. The Bertz CT molecular complexity index is 828. The van der Waals surface area contributed by atoms with Gasteiger partial charge in [-0.05, 0) is 50.2 Å². The molecular formula is C20H29ClN4O3. The van der Waals surface area contributed by atoms with E-state index < -0.39 is 6.10 Å². The summed E-state index contributed by atoms with van der Waals surface area (Å²) in [6, 6.07) is 3.43. The summed E-state index contributed by atoms with van der Waals surface area (Å²) in [7, 11) is 0.